The molecule has 0 atom stereocenters. The SMILES string of the molecule is CCCNC(N)=NCc1ccc(C)cc1OCCC(C)C.I. The summed E-state index contributed by atoms with van der Waals surface area (Å²) in [6.07, 6.45) is 2.08. The number of nitrogens with zero attached hydrogens (tertiary/aromatic N) is 1. The van der Waals surface area contributed by atoms with Crippen molar-refractivity contribution in [2.24, 2.45) is 16.6 Å². The summed E-state index contributed by atoms with van der Waals surface area (Å²) >= 11 is 0. The average Bonchev–Trinajstić information content (AvgIpc) is 2.43. The van der Waals surface area contributed by atoms with Crippen LogP contribution in [0.2, 0.25) is 0 Å². The molecule has 0 saturated heterocycles. The van der Waals surface area contributed by atoms with Crippen LogP contribution in [0.4, 0.5) is 0 Å². The fourth-order valence-corrected chi connectivity index (χ4v) is 1.81. The molecular formula is C17H30IN3O. The van der Waals surface area contributed by atoms with Crippen LogP contribution in [0, 0.1) is 12.8 Å². The maximum Gasteiger partial charge on any atom is 0.188 e. The summed E-state index contributed by atoms with van der Waals surface area (Å²) in [6.45, 7) is 10.7. The van der Waals surface area contributed by atoms with Gasteiger partial charge in [0.1, 0.15) is 5.75 Å². The lowest BCUT2D eigenvalue weighted by atomic mass is 10.1. The quantitative estimate of drug-likeness (QED) is 0.382. The fraction of sp³-hybridized carbons (Fsp3) is 0.588. The van der Waals surface area contributed by atoms with Crippen molar-refractivity contribution in [3.05, 3.63) is 29.3 Å². The third-order valence-electron chi connectivity index (χ3n) is 3.15. The van der Waals surface area contributed by atoms with E-state index in [0.29, 0.717) is 18.4 Å². The van der Waals surface area contributed by atoms with Crippen molar-refractivity contribution in [3.63, 3.8) is 0 Å². The topological polar surface area (TPSA) is 59.6 Å². The molecule has 0 amide bonds. The van der Waals surface area contributed by atoms with Crippen LogP contribution >= 0.6 is 24.0 Å². The molecule has 0 radical (unpaired) electrons. The third-order valence-corrected chi connectivity index (χ3v) is 3.15. The Morgan fingerprint density at radius 1 is 1.36 bits per heavy atom. The first-order valence-electron chi connectivity index (χ1n) is 7.79. The number of benzene rings is 1. The van der Waals surface area contributed by atoms with E-state index in [-0.39, 0.29) is 24.0 Å². The van der Waals surface area contributed by atoms with Crippen LogP contribution in [-0.2, 0) is 6.54 Å². The highest BCUT2D eigenvalue weighted by Gasteiger charge is 2.05. The summed E-state index contributed by atoms with van der Waals surface area (Å²) in [7, 11) is 0. The van der Waals surface area contributed by atoms with Gasteiger partial charge in [-0.1, -0.05) is 32.9 Å². The van der Waals surface area contributed by atoms with E-state index in [1.807, 2.05) is 0 Å². The lowest BCUT2D eigenvalue weighted by Crippen LogP contribution is -2.32. The van der Waals surface area contributed by atoms with Gasteiger partial charge in [0, 0.05) is 12.1 Å². The highest BCUT2D eigenvalue weighted by molar-refractivity contribution is 14.0. The maximum absolute atomic E-state index is 5.91. The average molecular weight is 419 g/mol. The lowest BCUT2D eigenvalue weighted by Gasteiger charge is -2.13. The molecule has 0 saturated carbocycles. The first-order chi connectivity index (χ1) is 10.0. The van der Waals surface area contributed by atoms with Gasteiger partial charge in [-0.25, -0.2) is 4.99 Å². The summed E-state index contributed by atoms with van der Waals surface area (Å²) in [5.74, 6) is 2.05. The summed E-state index contributed by atoms with van der Waals surface area (Å²) in [5, 5.41) is 3.08. The van der Waals surface area contributed by atoms with E-state index >= 15 is 0 Å². The van der Waals surface area contributed by atoms with Crippen LogP contribution in [-0.4, -0.2) is 19.1 Å². The van der Waals surface area contributed by atoms with Crippen LogP contribution in [0.15, 0.2) is 23.2 Å². The minimum atomic E-state index is 0. The molecule has 1 aromatic rings. The van der Waals surface area contributed by atoms with Crippen LogP contribution < -0.4 is 15.8 Å². The molecule has 1 rings (SSSR count). The summed E-state index contributed by atoms with van der Waals surface area (Å²) in [4.78, 5) is 4.37. The second-order valence-electron chi connectivity index (χ2n) is 5.77. The molecule has 0 spiro atoms. The van der Waals surface area contributed by atoms with Crippen LogP contribution in [0.25, 0.3) is 0 Å². The number of nitrogens with two attached hydrogens (primary N) is 1. The number of ether oxygens (including phenoxy) is 1. The van der Waals surface area contributed by atoms with Gasteiger partial charge in [-0.2, -0.15) is 0 Å². The van der Waals surface area contributed by atoms with E-state index in [1.54, 1.807) is 0 Å². The van der Waals surface area contributed by atoms with Gasteiger partial charge >= 0.3 is 0 Å². The molecule has 0 unspecified atom stereocenters. The van der Waals surface area contributed by atoms with E-state index in [0.717, 1.165) is 37.3 Å². The van der Waals surface area contributed by atoms with Gasteiger partial charge < -0.3 is 15.8 Å². The molecule has 0 aromatic heterocycles. The Kier molecular flexibility index (Phi) is 11.1. The summed E-state index contributed by atoms with van der Waals surface area (Å²) in [5.41, 5.74) is 8.09. The molecule has 0 bridgehead atoms. The normalized spacial score (nSPS) is 11.2. The molecule has 0 aliphatic heterocycles. The summed E-state index contributed by atoms with van der Waals surface area (Å²) < 4.78 is 5.91. The Hall–Kier alpha value is -0.980. The molecule has 5 heteroatoms. The van der Waals surface area contributed by atoms with Gasteiger partial charge in [-0.3, -0.25) is 0 Å². The van der Waals surface area contributed by atoms with E-state index < -0.39 is 0 Å². The second-order valence-corrected chi connectivity index (χ2v) is 5.77. The number of aryl methyl sites for hydroxylation is 1. The number of hydrogen-bond donors (Lipinski definition) is 2. The van der Waals surface area contributed by atoms with Crippen molar-refractivity contribution in [1.82, 2.24) is 5.32 Å². The first-order valence-corrected chi connectivity index (χ1v) is 7.79. The van der Waals surface area contributed by atoms with Gasteiger partial charge in [-0.15, -0.1) is 24.0 Å². The van der Waals surface area contributed by atoms with Gasteiger partial charge in [0.2, 0.25) is 0 Å². The van der Waals surface area contributed by atoms with Crippen molar-refractivity contribution >= 4 is 29.9 Å². The van der Waals surface area contributed by atoms with E-state index in [9.17, 15) is 0 Å². The highest BCUT2D eigenvalue weighted by Crippen LogP contribution is 2.21. The fourth-order valence-electron chi connectivity index (χ4n) is 1.81. The largest absolute Gasteiger partial charge is 0.493 e. The number of halogens is 1. The maximum atomic E-state index is 5.91. The predicted molar refractivity (Wildman–Crippen MR) is 105 cm³/mol. The molecule has 0 heterocycles. The lowest BCUT2D eigenvalue weighted by molar-refractivity contribution is 0.287. The van der Waals surface area contributed by atoms with Crippen LogP contribution in [0.1, 0.15) is 44.7 Å². The number of aliphatic imine (C=N–C) groups is 1. The molecule has 0 aliphatic rings. The van der Waals surface area contributed by atoms with Gasteiger partial charge in [-0.05, 0) is 37.3 Å². The molecule has 3 N–H and O–H groups in total. The minimum absolute atomic E-state index is 0. The molecule has 0 aliphatic carbocycles. The minimum Gasteiger partial charge on any atom is -0.493 e. The monoisotopic (exact) mass is 419 g/mol. The second kappa shape index (κ2) is 11.6. The van der Waals surface area contributed by atoms with Crippen LogP contribution in [0.3, 0.4) is 0 Å². The Balaban J connectivity index is 0.00000441. The molecule has 4 nitrogen and oxygen atoms in total. The van der Waals surface area contributed by atoms with Crippen molar-refractivity contribution in [2.45, 2.75) is 47.1 Å². The highest BCUT2D eigenvalue weighted by atomic mass is 127. The van der Waals surface area contributed by atoms with Crippen molar-refractivity contribution < 1.29 is 4.74 Å². The van der Waals surface area contributed by atoms with E-state index in [2.05, 4.69) is 56.2 Å². The number of rotatable bonds is 8. The summed E-state index contributed by atoms with van der Waals surface area (Å²) in [6, 6.07) is 6.22. The number of nitrogens with one attached hydrogen (secondary N) is 1. The molecule has 1 aromatic carbocycles. The third kappa shape index (κ3) is 8.46. The number of guanidine groups is 1. The standard InChI is InChI=1S/C17H29N3O.HI/c1-5-9-19-17(18)20-12-15-7-6-14(4)11-16(15)21-10-8-13(2)3;/h6-7,11,13H,5,8-10,12H2,1-4H3,(H3,18,19,20);1H. The Labute approximate surface area is 151 Å². The van der Waals surface area contributed by atoms with Crippen LogP contribution in [0.5, 0.6) is 5.75 Å². The van der Waals surface area contributed by atoms with E-state index in [4.69, 9.17) is 10.5 Å². The Morgan fingerprint density at radius 3 is 2.73 bits per heavy atom. The Morgan fingerprint density at radius 2 is 2.09 bits per heavy atom. The van der Waals surface area contributed by atoms with Gasteiger partial charge in [0.25, 0.3) is 0 Å². The van der Waals surface area contributed by atoms with Crippen molar-refractivity contribution in [2.75, 3.05) is 13.2 Å². The predicted octanol–water partition coefficient (Wildman–Crippen LogP) is 3.85. The molecule has 0 fully saturated rings. The Bertz CT molecular complexity index is 461. The first kappa shape index (κ1) is 21.0. The molecule has 22 heavy (non-hydrogen) atoms. The molecular weight excluding hydrogens is 389 g/mol. The van der Waals surface area contributed by atoms with E-state index in [1.165, 1.54) is 5.56 Å². The molecule has 126 valence electrons. The smallest absolute Gasteiger partial charge is 0.188 e. The zero-order valence-electron chi connectivity index (χ0n) is 14.2. The van der Waals surface area contributed by atoms with Gasteiger partial charge in [0.05, 0.1) is 13.2 Å². The van der Waals surface area contributed by atoms with Crippen molar-refractivity contribution in [1.29, 1.82) is 0 Å². The number of hydrogen-bond acceptors (Lipinski definition) is 2. The zero-order valence-corrected chi connectivity index (χ0v) is 16.5. The van der Waals surface area contributed by atoms with Crippen molar-refractivity contribution in [3.8, 4) is 5.75 Å². The van der Waals surface area contributed by atoms with Gasteiger partial charge in [0.15, 0.2) is 5.96 Å². The zero-order chi connectivity index (χ0) is 15.7.